The quantitative estimate of drug-likeness (QED) is 0.767. The lowest BCUT2D eigenvalue weighted by atomic mass is 10.1. The van der Waals surface area contributed by atoms with Crippen LogP contribution in [0.4, 0.5) is 4.79 Å². The number of nitrogens with one attached hydrogen (secondary N) is 1. The molecule has 134 valence electrons. The fraction of sp³-hybridized carbons (Fsp3) is 0.438. The van der Waals surface area contributed by atoms with E-state index in [0.29, 0.717) is 6.42 Å². The predicted octanol–water partition coefficient (Wildman–Crippen LogP) is 0.714. The van der Waals surface area contributed by atoms with E-state index in [1.165, 1.54) is 6.92 Å². The summed E-state index contributed by atoms with van der Waals surface area (Å²) in [5.41, 5.74) is 9.10. The molecular formula is C16H21N5O4. The molecule has 9 heteroatoms. The number of imide groups is 1. The number of aromatic nitrogens is 3. The molecule has 2 heterocycles. The fourth-order valence-corrected chi connectivity index (χ4v) is 2.56. The maximum absolute atomic E-state index is 11.9. The van der Waals surface area contributed by atoms with Crippen LogP contribution in [0.2, 0.25) is 0 Å². The number of fused-ring (bicyclic) bond motifs is 1. The third-order valence-electron chi connectivity index (χ3n) is 3.79. The van der Waals surface area contributed by atoms with E-state index in [1.807, 2.05) is 32.2 Å². The minimum atomic E-state index is -1.10. The van der Waals surface area contributed by atoms with Crippen LogP contribution < -0.4 is 11.1 Å². The number of carbonyl (C=O) groups excluding carboxylic acids is 3. The summed E-state index contributed by atoms with van der Waals surface area (Å²) in [5, 5.41) is 6.25. The van der Waals surface area contributed by atoms with Gasteiger partial charge in [0.15, 0.2) is 11.8 Å². The van der Waals surface area contributed by atoms with Gasteiger partial charge < -0.3 is 10.5 Å². The number of amides is 3. The Hall–Kier alpha value is -2.97. The molecule has 0 spiro atoms. The number of nitrogens with zero attached hydrogens (tertiary/aromatic N) is 3. The van der Waals surface area contributed by atoms with Crippen LogP contribution in [0, 0.1) is 20.8 Å². The van der Waals surface area contributed by atoms with Crippen molar-refractivity contribution in [2.24, 2.45) is 5.73 Å². The van der Waals surface area contributed by atoms with E-state index in [0.717, 1.165) is 28.3 Å². The molecule has 0 aliphatic heterocycles. The van der Waals surface area contributed by atoms with Gasteiger partial charge in [-0.3, -0.25) is 14.9 Å². The van der Waals surface area contributed by atoms with Gasteiger partial charge in [0.05, 0.1) is 5.69 Å². The highest BCUT2D eigenvalue weighted by Gasteiger charge is 2.20. The van der Waals surface area contributed by atoms with Gasteiger partial charge in [-0.05, 0) is 39.7 Å². The Bertz CT molecular complexity index is 843. The summed E-state index contributed by atoms with van der Waals surface area (Å²) in [6, 6.07) is 0.893. The van der Waals surface area contributed by atoms with Gasteiger partial charge in [0.25, 0.3) is 5.91 Å². The van der Waals surface area contributed by atoms with Gasteiger partial charge in [-0.1, -0.05) is 0 Å². The molecule has 2 rings (SSSR count). The molecule has 3 amide bonds. The zero-order valence-electron chi connectivity index (χ0n) is 14.6. The van der Waals surface area contributed by atoms with Crippen molar-refractivity contribution in [1.82, 2.24) is 19.9 Å². The molecule has 0 radical (unpaired) electrons. The van der Waals surface area contributed by atoms with Crippen LogP contribution in [-0.2, 0) is 20.7 Å². The number of aryl methyl sites for hydroxylation is 3. The van der Waals surface area contributed by atoms with Crippen LogP contribution in [0.15, 0.2) is 6.07 Å². The number of nitrogens with two attached hydrogens (primary N) is 1. The predicted molar refractivity (Wildman–Crippen MR) is 88.8 cm³/mol. The highest BCUT2D eigenvalue weighted by Crippen LogP contribution is 2.17. The molecule has 0 saturated heterocycles. The zero-order valence-corrected chi connectivity index (χ0v) is 14.6. The Morgan fingerprint density at radius 3 is 2.64 bits per heavy atom. The summed E-state index contributed by atoms with van der Waals surface area (Å²) in [6.45, 7) is 7.04. The van der Waals surface area contributed by atoms with E-state index < -0.39 is 24.0 Å². The topological polar surface area (TPSA) is 129 Å². The van der Waals surface area contributed by atoms with Crippen LogP contribution in [0.3, 0.4) is 0 Å². The van der Waals surface area contributed by atoms with Gasteiger partial charge in [0.1, 0.15) is 0 Å². The number of ether oxygens (including phenoxy) is 1. The molecule has 0 saturated carbocycles. The first-order valence-corrected chi connectivity index (χ1v) is 7.81. The minimum absolute atomic E-state index is 0.0727. The van der Waals surface area contributed by atoms with Gasteiger partial charge in [0.2, 0.25) is 0 Å². The Kier molecular flexibility index (Phi) is 5.35. The van der Waals surface area contributed by atoms with Crippen LogP contribution in [0.1, 0.15) is 36.0 Å². The number of primary amides is 1. The lowest BCUT2D eigenvalue weighted by Gasteiger charge is -2.13. The molecule has 0 bridgehead atoms. The van der Waals surface area contributed by atoms with Gasteiger partial charge in [0, 0.05) is 23.9 Å². The number of rotatable bonds is 5. The fourth-order valence-electron chi connectivity index (χ4n) is 2.56. The number of hydrogen-bond acceptors (Lipinski definition) is 6. The van der Waals surface area contributed by atoms with E-state index in [2.05, 4.69) is 10.1 Å². The average Bonchev–Trinajstić information content (AvgIpc) is 2.86. The molecule has 0 aliphatic carbocycles. The second kappa shape index (κ2) is 7.29. The summed E-state index contributed by atoms with van der Waals surface area (Å²) in [7, 11) is 0. The van der Waals surface area contributed by atoms with E-state index >= 15 is 0 Å². The van der Waals surface area contributed by atoms with Crippen LogP contribution in [0.25, 0.3) is 5.65 Å². The van der Waals surface area contributed by atoms with Crippen LogP contribution in [0.5, 0.6) is 0 Å². The van der Waals surface area contributed by atoms with Crippen molar-refractivity contribution in [3.05, 3.63) is 28.7 Å². The molecule has 0 aromatic carbocycles. The monoisotopic (exact) mass is 347 g/mol. The molecule has 0 aliphatic rings. The van der Waals surface area contributed by atoms with E-state index in [-0.39, 0.29) is 6.42 Å². The van der Waals surface area contributed by atoms with Crippen molar-refractivity contribution in [3.8, 4) is 0 Å². The molecule has 2 aromatic heterocycles. The first kappa shape index (κ1) is 18.4. The Balaban J connectivity index is 2.03. The van der Waals surface area contributed by atoms with E-state index in [9.17, 15) is 14.4 Å². The molecule has 25 heavy (non-hydrogen) atoms. The summed E-state index contributed by atoms with van der Waals surface area (Å²) in [4.78, 5) is 38.6. The lowest BCUT2D eigenvalue weighted by molar-refractivity contribution is -0.154. The van der Waals surface area contributed by atoms with Crippen LogP contribution in [-0.4, -0.2) is 38.6 Å². The molecule has 1 atom stereocenters. The molecule has 3 N–H and O–H groups in total. The molecule has 0 fully saturated rings. The van der Waals surface area contributed by atoms with E-state index in [1.54, 1.807) is 4.52 Å². The highest BCUT2D eigenvalue weighted by atomic mass is 16.5. The van der Waals surface area contributed by atoms with Crippen molar-refractivity contribution < 1.29 is 19.1 Å². The number of esters is 1. The Morgan fingerprint density at radius 1 is 1.32 bits per heavy atom. The molecule has 0 unspecified atom stereocenters. The van der Waals surface area contributed by atoms with Crippen molar-refractivity contribution in [1.29, 1.82) is 0 Å². The Morgan fingerprint density at radius 2 is 2.00 bits per heavy atom. The standard InChI is InChI=1S/C16H21N5O4/c1-8-7-13-18-9(2)12(10(3)21(13)20-8)5-6-14(22)25-11(4)15(23)19-16(17)24/h7,11H,5-6H2,1-4H3,(H3,17,19,23,24)/t11-/m1/s1. The zero-order chi connectivity index (χ0) is 18.7. The van der Waals surface area contributed by atoms with Gasteiger partial charge in [-0.2, -0.15) is 5.10 Å². The van der Waals surface area contributed by atoms with Crippen molar-refractivity contribution in [3.63, 3.8) is 0 Å². The normalized spacial score (nSPS) is 12.0. The molecule has 9 nitrogen and oxygen atoms in total. The lowest BCUT2D eigenvalue weighted by Crippen LogP contribution is -2.42. The number of carbonyl (C=O) groups is 3. The van der Waals surface area contributed by atoms with Crippen molar-refractivity contribution in [2.75, 3.05) is 0 Å². The second-order valence-corrected chi connectivity index (χ2v) is 5.80. The average molecular weight is 347 g/mol. The SMILES string of the molecule is Cc1cc2nc(C)c(CCC(=O)O[C@H](C)C(=O)NC(N)=O)c(C)n2n1. The third-order valence-corrected chi connectivity index (χ3v) is 3.79. The summed E-state index contributed by atoms with van der Waals surface area (Å²) >= 11 is 0. The first-order chi connectivity index (χ1) is 11.7. The second-order valence-electron chi connectivity index (χ2n) is 5.80. The van der Waals surface area contributed by atoms with Crippen molar-refractivity contribution in [2.45, 2.75) is 46.6 Å². The minimum Gasteiger partial charge on any atom is -0.453 e. The Labute approximate surface area is 144 Å². The van der Waals surface area contributed by atoms with Crippen molar-refractivity contribution >= 4 is 23.6 Å². The smallest absolute Gasteiger partial charge is 0.318 e. The number of urea groups is 1. The maximum Gasteiger partial charge on any atom is 0.318 e. The number of hydrogen-bond donors (Lipinski definition) is 2. The first-order valence-electron chi connectivity index (χ1n) is 7.81. The van der Waals surface area contributed by atoms with E-state index in [4.69, 9.17) is 10.5 Å². The van der Waals surface area contributed by atoms with Gasteiger partial charge in [-0.15, -0.1) is 0 Å². The summed E-state index contributed by atoms with van der Waals surface area (Å²) in [5.74, 6) is -1.31. The maximum atomic E-state index is 11.9. The molecule has 2 aromatic rings. The largest absolute Gasteiger partial charge is 0.453 e. The molecular weight excluding hydrogens is 326 g/mol. The summed E-state index contributed by atoms with van der Waals surface area (Å²) < 4.78 is 6.75. The summed E-state index contributed by atoms with van der Waals surface area (Å²) in [6.07, 6.45) is -0.622. The highest BCUT2D eigenvalue weighted by molar-refractivity contribution is 5.96. The van der Waals surface area contributed by atoms with Gasteiger partial charge in [-0.25, -0.2) is 14.3 Å². The third kappa shape index (κ3) is 4.31. The van der Waals surface area contributed by atoms with Gasteiger partial charge >= 0.3 is 12.0 Å². The van der Waals surface area contributed by atoms with Crippen LogP contribution >= 0.6 is 0 Å².